The van der Waals surface area contributed by atoms with Crippen molar-refractivity contribution in [1.29, 1.82) is 0 Å². The zero-order chi connectivity index (χ0) is 28.2. The molecule has 9 heteroatoms. The predicted octanol–water partition coefficient (Wildman–Crippen LogP) is 5.50. The number of aryl methyl sites for hydroxylation is 1. The van der Waals surface area contributed by atoms with Gasteiger partial charge in [-0.1, -0.05) is 0 Å². The van der Waals surface area contributed by atoms with Crippen LogP contribution < -0.4 is 4.90 Å². The van der Waals surface area contributed by atoms with E-state index in [1.54, 1.807) is 23.8 Å². The number of nitrogens with zero attached hydrogens (tertiary/aromatic N) is 3. The fourth-order valence-electron chi connectivity index (χ4n) is 5.17. The van der Waals surface area contributed by atoms with Crippen molar-refractivity contribution < 1.29 is 23.9 Å². The number of amides is 3. The van der Waals surface area contributed by atoms with E-state index in [0.717, 1.165) is 41.8 Å². The number of unbranched alkanes of at least 4 members (excludes halogenated alkanes) is 1. The normalized spacial score (nSPS) is 20.0. The minimum atomic E-state index is -0.569. The van der Waals surface area contributed by atoms with Gasteiger partial charge in [-0.2, -0.15) is 0 Å². The van der Waals surface area contributed by atoms with Crippen LogP contribution in [0.2, 0.25) is 0 Å². The van der Waals surface area contributed by atoms with Gasteiger partial charge in [0.15, 0.2) is 0 Å². The molecule has 0 radical (unpaired) electrons. The number of methoxy groups -OCH3 is 1. The van der Waals surface area contributed by atoms with Crippen molar-refractivity contribution in [3.05, 3.63) is 23.3 Å². The second-order valence-corrected chi connectivity index (χ2v) is 13.0. The molecular weight excluding hydrogens is 502 g/mol. The number of benzene rings is 1. The summed E-state index contributed by atoms with van der Waals surface area (Å²) in [6.07, 6.45) is 2.99. The van der Waals surface area contributed by atoms with E-state index in [2.05, 4.69) is 0 Å². The lowest BCUT2D eigenvalue weighted by molar-refractivity contribution is -0.118. The molecule has 2 heterocycles. The maximum atomic E-state index is 14.1. The van der Waals surface area contributed by atoms with E-state index in [-0.39, 0.29) is 35.2 Å². The molecule has 212 valence electrons. The van der Waals surface area contributed by atoms with Crippen LogP contribution in [0.15, 0.2) is 17.0 Å². The topological polar surface area (TPSA) is 79.4 Å². The number of anilines is 1. The average molecular weight is 548 g/mol. The number of piperidine rings is 1. The van der Waals surface area contributed by atoms with Gasteiger partial charge in [0.1, 0.15) is 5.60 Å². The van der Waals surface area contributed by atoms with Gasteiger partial charge in [-0.15, -0.1) is 11.8 Å². The lowest BCUT2D eigenvalue weighted by Gasteiger charge is -2.42. The first kappa shape index (κ1) is 30.3. The summed E-state index contributed by atoms with van der Waals surface area (Å²) in [7, 11) is 1.68. The van der Waals surface area contributed by atoms with Crippen molar-refractivity contribution in [2.75, 3.05) is 38.3 Å². The Morgan fingerprint density at radius 3 is 2.55 bits per heavy atom. The highest BCUT2D eigenvalue weighted by Gasteiger charge is 2.36. The Morgan fingerprint density at radius 2 is 1.92 bits per heavy atom. The first-order chi connectivity index (χ1) is 17.8. The Kier molecular flexibility index (Phi) is 10.1. The van der Waals surface area contributed by atoms with Crippen molar-refractivity contribution >= 4 is 35.4 Å². The zero-order valence-corrected chi connectivity index (χ0v) is 25.2. The van der Waals surface area contributed by atoms with Gasteiger partial charge in [0.05, 0.1) is 17.0 Å². The van der Waals surface area contributed by atoms with E-state index in [0.29, 0.717) is 31.8 Å². The molecule has 3 amide bonds. The Balaban J connectivity index is 1.88. The summed E-state index contributed by atoms with van der Waals surface area (Å²) < 4.78 is 10.8. The summed E-state index contributed by atoms with van der Waals surface area (Å²) >= 11 is 1.55. The quantitative estimate of drug-likeness (QED) is 0.400. The summed E-state index contributed by atoms with van der Waals surface area (Å²) in [6, 6.07) is 3.79. The number of likely N-dealkylation sites (tertiary alicyclic amines) is 1. The molecule has 2 atom stereocenters. The molecule has 1 unspecified atom stereocenters. The van der Waals surface area contributed by atoms with Gasteiger partial charge in [-0.3, -0.25) is 9.59 Å². The number of carbonyl (C=O) groups excluding carboxylic acids is 3. The van der Waals surface area contributed by atoms with Crippen LogP contribution in [0, 0.1) is 6.92 Å². The molecule has 0 spiro atoms. The summed E-state index contributed by atoms with van der Waals surface area (Å²) in [5.41, 5.74) is 1.75. The summed E-state index contributed by atoms with van der Waals surface area (Å²) in [6.45, 7) is 15.8. The molecule has 0 N–H and O–H groups in total. The number of hydrogen-bond donors (Lipinski definition) is 0. The van der Waals surface area contributed by atoms with Gasteiger partial charge in [-0.05, 0) is 91.8 Å². The van der Waals surface area contributed by atoms with E-state index in [4.69, 9.17) is 9.47 Å². The third kappa shape index (κ3) is 7.23. The molecule has 8 nitrogen and oxygen atoms in total. The smallest absolute Gasteiger partial charge is 0.410 e. The van der Waals surface area contributed by atoms with E-state index >= 15 is 0 Å². The standard InChI is InChI=1S/C29H45N3O5S/c1-19(2)32(22-12-11-13-30(18-22)28(35)37-29(5,6)7)27(34)23-17-24-25(16-20(23)3)38-21(4)26(33)31(24)14-9-10-15-36-8/h16-17,19,21-22H,9-15,18H2,1-8H3/t21?,22-/m1/s1. The van der Waals surface area contributed by atoms with Crippen LogP contribution >= 0.6 is 11.8 Å². The average Bonchev–Trinajstić information content (AvgIpc) is 2.82. The van der Waals surface area contributed by atoms with Crippen molar-refractivity contribution in [3.63, 3.8) is 0 Å². The van der Waals surface area contributed by atoms with Crippen LogP contribution in [0.3, 0.4) is 0 Å². The molecule has 2 aliphatic heterocycles. The number of rotatable bonds is 8. The molecule has 0 bridgehead atoms. The molecule has 1 aromatic rings. The molecule has 0 saturated carbocycles. The Morgan fingerprint density at radius 1 is 1.21 bits per heavy atom. The second kappa shape index (κ2) is 12.7. The first-order valence-corrected chi connectivity index (χ1v) is 14.6. The number of fused-ring (bicyclic) bond motifs is 1. The van der Waals surface area contributed by atoms with Crippen LogP contribution in [0.5, 0.6) is 0 Å². The SMILES string of the molecule is COCCCCN1C(=O)C(C)Sc2cc(C)c(C(=O)N(C(C)C)[C@@H]3CCCN(C(=O)OC(C)(C)C)C3)cc21. The van der Waals surface area contributed by atoms with Gasteiger partial charge in [0.2, 0.25) is 5.91 Å². The lowest BCUT2D eigenvalue weighted by atomic mass is 9.99. The van der Waals surface area contributed by atoms with Crippen LogP contribution in [0.1, 0.15) is 83.1 Å². The maximum absolute atomic E-state index is 14.1. The van der Waals surface area contributed by atoms with Crippen LogP contribution in [0.4, 0.5) is 10.5 Å². The zero-order valence-electron chi connectivity index (χ0n) is 24.3. The van der Waals surface area contributed by atoms with Crippen molar-refractivity contribution in [2.45, 2.75) is 102 Å². The van der Waals surface area contributed by atoms with Crippen LogP contribution in [-0.2, 0) is 14.3 Å². The summed E-state index contributed by atoms with van der Waals surface area (Å²) in [4.78, 5) is 46.5. The largest absolute Gasteiger partial charge is 0.444 e. The lowest BCUT2D eigenvalue weighted by Crippen LogP contribution is -2.54. The second-order valence-electron chi connectivity index (χ2n) is 11.6. The molecule has 0 aromatic heterocycles. The predicted molar refractivity (Wildman–Crippen MR) is 152 cm³/mol. The van der Waals surface area contributed by atoms with Gasteiger partial charge in [0.25, 0.3) is 5.91 Å². The monoisotopic (exact) mass is 547 g/mol. The third-order valence-electron chi connectivity index (χ3n) is 6.96. The number of thioether (sulfide) groups is 1. The number of ether oxygens (including phenoxy) is 2. The fraction of sp³-hybridized carbons (Fsp3) is 0.690. The van der Waals surface area contributed by atoms with Crippen LogP contribution in [0.25, 0.3) is 0 Å². The summed E-state index contributed by atoms with van der Waals surface area (Å²) in [5, 5.41) is -0.167. The highest BCUT2D eigenvalue weighted by Crippen LogP contribution is 2.41. The maximum Gasteiger partial charge on any atom is 0.410 e. The van der Waals surface area contributed by atoms with Crippen molar-refractivity contribution in [3.8, 4) is 0 Å². The van der Waals surface area contributed by atoms with Crippen molar-refractivity contribution in [1.82, 2.24) is 9.80 Å². The molecule has 1 fully saturated rings. The van der Waals surface area contributed by atoms with Crippen LogP contribution in [-0.4, -0.2) is 84.0 Å². The number of carbonyl (C=O) groups is 3. The molecular formula is C29H45N3O5S. The third-order valence-corrected chi connectivity index (χ3v) is 8.09. The number of hydrogen-bond acceptors (Lipinski definition) is 6. The fourth-order valence-corrected chi connectivity index (χ4v) is 6.31. The van der Waals surface area contributed by atoms with E-state index in [1.807, 2.05) is 70.4 Å². The minimum Gasteiger partial charge on any atom is -0.444 e. The molecule has 0 aliphatic carbocycles. The van der Waals surface area contributed by atoms with E-state index in [9.17, 15) is 14.4 Å². The molecule has 1 saturated heterocycles. The molecule has 1 aromatic carbocycles. The Bertz CT molecular complexity index is 1020. The molecule has 2 aliphatic rings. The Labute approximate surface area is 232 Å². The highest BCUT2D eigenvalue weighted by molar-refractivity contribution is 8.01. The van der Waals surface area contributed by atoms with Gasteiger partial charge in [0, 0.05) is 49.9 Å². The molecule has 38 heavy (non-hydrogen) atoms. The van der Waals surface area contributed by atoms with Gasteiger partial charge >= 0.3 is 6.09 Å². The Hall–Kier alpha value is -2.26. The van der Waals surface area contributed by atoms with Crippen molar-refractivity contribution in [2.24, 2.45) is 0 Å². The highest BCUT2D eigenvalue weighted by atomic mass is 32.2. The first-order valence-electron chi connectivity index (χ1n) is 13.8. The molecule has 3 rings (SSSR count). The minimum absolute atomic E-state index is 0.0531. The van der Waals surface area contributed by atoms with Gasteiger partial charge < -0.3 is 24.2 Å². The van der Waals surface area contributed by atoms with E-state index < -0.39 is 5.60 Å². The summed E-state index contributed by atoms with van der Waals surface area (Å²) in [5.74, 6) is 0.00918. The van der Waals surface area contributed by atoms with Gasteiger partial charge in [-0.25, -0.2) is 4.79 Å². The van der Waals surface area contributed by atoms with E-state index in [1.165, 1.54) is 0 Å².